The van der Waals surface area contributed by atoms with Crippen molar-refractivity contribution in [1.82, 2.24) is 0 Å². The lowest BCUT2D eigenvalue weighted by Gasteiger charge is -2.16. The molecule has 2 bridgehead atoms. The fourth-order valence-corrected chi connectivity index (χ4v) is 3.35. The number of benzene rings is 1. The summed E-state index contributed by atoms with van der Waals surface area (Å²) in [6.07, 6.45) is 7.76. The zero-order chi connectivity index (χ0) is 11.7. The summed E-state index contributed by atoms with van der Waals surface area (Å²) in [5.41, 5.74) is 2.81. The minimum atomic E-state index is 0.897. The molecule has 90 valence electrons. The van der Waals surface area contributed by atoms with Gasteiger partial charge < -0.3 is 5.32 Å². The highest BCUT2D eigenvalue weighted by molar-refractivity contribution is 5.20. The molecule has 0 aromatic heterocycles. The van der Waals surface area contributed by atoms with Gasteiger partial charge in [0.05, 0.1) is 6.54 Å². The fraction of sp³-hybridized carbons (Fsp3) is 0.500. The molecule has 0 amide bonds. The van der Waals surface area contributed by atoms with Crippen molar-refractivity contribution in [3.8, 4) is 0 Å². The first-order chi connectivity index (χ1) is 8.31. The van der Waals surface area contributed by atoms with Crippen molar-refractivity contribution in [3.05, 3.63) is 47.5 Å². The molecule has 0 heterocycles. The van der Waals surface area contributed by atoms with Crippen molar-refractivity contribution in [2.75, 3.05) is 6.54 Å². The first-order valence-electron chi connectivity index (χ1n) is 6.87. The summed E-state index contributed by atoms with van der Waals surface area (Å²) < 4.78 is 0. The van der Waals surface area contributed by atoms with E-state index in [0.29, 0.717) is 0 Å². The Morgan fingerprint density at radius 1 is 1.12 bits per heavy atom. The van der Waals surface area contributed by atoms with Gasteiger partial charge in [-0.15, -0.1) is 0 Å². The molecule has 3 atom stereocenters. The third-order valence-electron chi connectivity index (χ3n) is 4.39. The van der Waals surface area contributed by atoms with Crippen molar-refractivity contribution in [2.45, 2.75) is 26.3 Å². The van der Waals surface area contributed by atoms with Crippen LogP contribution in [-0.2, 0) is 6.54 Å². The van der Waals surface area contributed by atoms with E-state index in [1.165, 1.54) is 30.5 Å². The van der Waals surface area contributed by atoms with Crippen LogP contribution in [0.5, 0.6) is 0 Å². The lowest BCUT2D eigenvalue weighted by Crippen LogP contribution is -2.84. The first-order valence-corrected chi connectivity index (χ1v) is 6.87. The zero-order valence-corrected chi connectivity index (χ0v) is 10.6. The number of hydrogen-bond acceptors (Lipinski definition) is 0. The number of allylic oxidation sites excluding steroid dienone is 2. The molecule has 2 aliphatic rings. The highest BCUT2D eigenvalue weighted by Gasteiger charge is 2.36. The maximum absolute atomic E-state index is 2.49. The fourth-order valence-electron chi connectivity index (χ4n) is 3.35. The average molecular weight is 228 g/mol. The Bertz CT molecular complexity index is 404. The van der Waals surface area contributed by atoms with Gasteiger partial charge in [-0.05, 0) is 31.6 Å². The van der Waals surface area contributed by atoms with Gasteiger partial charge in [0, 0.05) is 11.5 Å². The number of hydrogen-bond donors (Lipinski definition) is 1. The van der Waals surface area contributed by atoms with Crippen LogP contribution in [0.2, 0.25) is 0 Å². The van der Waals surface area contributed by atoms with Crippen LogP contribution >= 0.6 is 0 Å². The molecule has 17 heavy (non-hydrogen) atoms. The van der Waals surface area contributed by atoms with Crippen LogP contribution in [0, 0.1) is 24.7 Å². The van der Waals surface area contributed by atoms with E-state index in [1.807, 2.05) is 0 Å². The molecule has 1 aromatic carbocycles. The van der Waals surface area contributed by atoms with Crippen LogP contribution in [-0.4, -0.2) is 6.54 Å². The molecule has 3 rings (SSSR count). The Balaban J connectivity index is 1.46. The first kappa shape index (κ1) is 11.0. The summed E-state index contributed by atoms with van der Waals surface area (Å²) in [5.74, 6) is 2.75. The SMILES string of the molecule is Cc1ccc(C[NH2+]C[C@H]2C[C@H]3C=C[C@H]2C3)cc1. The molecule has 1 nitrogen and oxygen atoms in total. The van der Waals surface area contributed by atoms with Gasteiger partial charge in [0.2, 0.25) is 0 Å². The minimum Gasteiger partial charge on any atom is -0.342 e. The van der Waals surface area contributed by atoms with Gasteiger partial charge in [-0.1, -0.05) is 42.0 Å². The van der Waals surface area contributed by atoms with Crippen LogP contribution in [0.15, 0.2) is 36.4 Å². The van der Waals surface area contributed by atoms with Crippen LogP contribution in [0.1, 0.15) is 24.0 Å². The van der Waals surface area contributed by atoms with Crippen LogP contribution in [0.3, 0.4) is 0 Å². The normalized spacial score (nSPS) is 30.1. The van der Waals surface area contributed by atoms with Crippen molar-refractivity contribution in [2.24, 2.45) is 17.8 Å². The molecule has 0 saturated heterocycles. The molecule has 1 aromatic rings. The third-order valence-corrected chi connectivity index (χ3v) is 4.39. The number of nitrogens with two attached hydrogens (primary N) is 1. The highest BCUT2D eigenvalue weighted by atomic mass is 14.9. The largest absolute Gasteiger partial charge is 0.342 e. The standard InChI is InChI=1S/C16H21N/c1-12-2-4-13(5-3-12)10-17-11-16-9-14-6-7-15(16)8-14/h2-7,14-17H,8-11H2,1H3/p+1/t14-,15-,16+/m0/s1. The number of aryl methyl sites for hydroxylation is 1. The predicted molar refractivity (Wildman–Crippen MR) is 70.5 cm³/mol. The average Bonchev–Trinajstić information content (AvgIpc) is 2.94. The maximum atomic E-state index is 2.49. The van der Waals surface area contributed by atoms with Crippen molar-refractivity contribution in [1.29, 1.82) is 0 Å². The molecule has 0 aliphatic heterocycles. The van der Waals surface area contributed by atoms with Crippen LogP contribution in [0.25, 0.3) is 0 Å². The monoisotopic (exact) mass is 228 g/mol. The van der Waals surface area contributed by atoms with E-state index >= 15 is 0 Å². The molecular formula is C16H22N+. The summed E-state index contributed by atoms with van der Waals surface area (Å²) >= 11 is 0. The predicted octanol–water partition coefficient (Wildman–Crippen LogP) is 2.27. The van der Waals surface area contributed by atoms with Gasteiger partial charge in [-0.25, -0.2) is 0 Å². The molecule has 0 spiro atoms. The quantitative estimate of drug-likeness (QED) is 0.761. The lowest BCUT2D eigenvalue weighted by molar-refractivity contribution is -0.676. The van der Waals surface area contributed by atoms with Gasteiger partial charge in [-0.2, -0.15) is 0 Å². The van der Waals surface area contributed by atoms with E-state index in [4.69, 9.17) is 0 Å². The second kappa shape index (κ2) is 4.66. The van der Waals surface area contributed by atoms with Gasteiger partial charge in [0.15, 0.2) is 0 Å². The second-order valence-electron chi connectivity index (χ2n) is 5.75. The lowest BCUT2D eigenvalue weighted by atomic mass is 9.93. The van der Waals surface area contributed by atoms with E-state index in [9.17, 15) is 0 Å². The highest BCUT2D eigenvalue weighted by Crippen LogP contribution is 2.42. The summed E-state index contributed by atoms with van der Waals surface area (Å²) in [6, 6.07) is 8.94. The number of quaternary nitrogens is 1. The molecule has 1 heteroatoms. The molecule has 2 aliphatic carbocycles. The van der Waals surface area contributed by atoms with Crippen molar-refractivity contribution in [3.63, 3.8) is 0 Å². The molecule has 1 fully saturated rings. The van der Waals surface area contributed by atoms with Crippen molar-refractivity contribution >= 4 is 0 Å². The minimum absolute atomic E-state index is 0.897. The topological polar surface area (TPSA) is 16.6 Å². The van der Waals surface area contributed by atoms with Crippen LogP contribution in [0.4, 0.5) is 0 Å². The molecule has 0 unspecified atom stereocenters. The smallest absolute Gasteiger partial charge is 0.101 e. The molecule has 2 N–H and O–H groups in total. The summed E-state index contributed by atoms with van der Waals surface area (Å²) in [7, 11) is 0. The van der Waals surface area contributed by atoms with Gasteiger partial charge >= 0.3 is 0 Å². The number of fused-ring (bicyclic) bond motifs is 2. The zero-order valence-electron chi connectivity index (χ0n) is 10.6. The Kier molecular flexibility index (Phi) is 3.02. The Morgan fingerprint density at radius 3 is 2.59 bits per heavy atom. The van der Waals surface area contributed by atoms with Gasteiger partial charge in [-0.3, -0.25) is 0 Å². The Labute approximate surface area is 104 Å². The molecule has 1 saturated carbocycles. The second-order valence-corrected chi connectivity index (χ2v) is 5.75. The molecular weight excluding hydrogens is 206 g/mol. The number of rotatable bonds is 4. The Morgan fingerprint density at radius 2 is 1.94 bits per heavy atom. The maximum Gasteiger partial charge on any atom is 0.101 e. The summed E-state index contributed by atoms with van der Waals surface area (Å²) in [6.45, 7) is 4.59. The third kappa shape index (κ3) is 2.44. The molecule has 0 radical (unpaired) electrons. The Hall–Kier alpha value is -1.08. The van der Waals surface area contributed by atoms with E-state index in [0.717, 1.165) is 24.3 Å². The van der Waals surface area contributed by atoms with E-state index in [1.54, 1.807) is 0 Å². The van der Waals surface area contributed by atoms with E-state index < -0.39 is 0 Å². The van der Waals surface area contributed by atoms with E-state index in [-0.39, 0.29) is 0 Å². The summed E-state index contributed by atoms with van der Waals surface area (Å²) in [5, 5.41) is 2.49. The van der Waals surface area contributed by atoms with Crippen LogP contribution < -0.4 is 5.32 Å². The van der Waals surface area contributed by atoms with E-state index in [2.05, 4.69) is 48.7 Å². The van der Waals surface area contributed by atoms with Gasteiger partial charge in [0.1, 0.15) is 6.54 Å². The van der Waals surface area contributed by atoms with Gasteiger partial charge in [0.25, 0.3) is 0 Å². The summed E-state index contributed by atoms with van der Waals surface area (Å²) in [4.78, 5) is 0. The van der Waals surface area contributed by atoms with Crippen molar-refractivity contribution < 1.29 is 5.32 Å².